The number of ketones is 1. The minimum Gasteiger partial charge on any atom is -0.390 e. The lowest BCUT2D eigenvalue weighted by atomic mass is 10.1. The van der Waals surface area contributed by atoms with Gasteiger partial charge < -0.3 is 14.4 Å². The maximum Gasteiger partial charge on any atom is 0.185 e. The van der Waals surface area contributed by atoms with Crippen molar-refractivity contribution in [3.05, 3.63) is 76.4 Å². The lowest BCUT2D eigenvalue weighted by Gasteiger charge is -2.28. The van der Waals surface area contributed by atoms with E-state index in [0.717, 1.165) is 47.2 Å². The first-order valence-electron chi connectivity index (χ1n) is 10.1. The number of nitrogens with zero attached hydrogens (tertiary/aromatic N) is 2. The van der Waals surface area contributed by atoms with Gasteiger partial charge in [0.05, 0.1) is 19.3 Å². The second-order valence-electron chi connectivity index (χ2n) is 7.53. The third-order valence-corrected chi connectivity index (χ3v) is 5.87. The number of halogens is 1. The van der Waals surface area contributed by atoms with Gasteiger partial charge in [0.2, 0.25) is 0 Å². The Morgan fingerprint density at radius 2 is 1.83 bits per heavy atom. The van der Waals surface area contributed by atoms with Crippen LogP contribution in [0.4, 0.5) is 0 Å². The Morgan fingerprint density at radius 1 is 1.10 bits per heavy atom. The van der Waals surface area contributed by atoms with Gasteiger partial charge in [0, 0.05) is 58.9 Å². The summed E-state index contributed by atoms with van der Waals surface area (Å²) in [7, 11) is 0. The minimum atomic E-state index is -0.472. The summed E-state index contributed by atoms with van der Waals surface area (Å²) in [5, 5.41) is 11.7. The zero-order valence-corrected chi connectivity index (χ0v) is 18.3. The zero-order valence-electron chi connectivity index (χ0n) is 16.7. The smallest absolute Gasteiger partial charge is 0.185 e. The number of hydrogen-bond acceptors (Lipinski definition) is 4. The van der Waals surface area contributed by atoms with Crippen LogP contribution in [0.15, 0.2) is 65.3 Å². The van der Waals surface area contributed by atoms with E-state index in [-0.39, 0.29) is 5.78 Å². The third-order valence-electron chi connectivity index (χ3n) is 5.34. The molecule has 0 bridgehead atoms. The quantitative estimate of drug-likeness (QED) is 0.420. The number of β-amino-alcohol motifs (C(OH)–C–C–N with tert-alkyl or cyclic N) is 1. The highest BCUT2D eigenvalue weighted by atomic mass is 79.9. The van der Waals surface area contributed by atoms with Gasteiger partial charge in [0.25, 0.3) is 0 Å². The molecule has 0 radical (unpaired) electrons. The topological polar surface area (TPSA) is 54.7 Å². The normalized spacial score (nSPS) is 16.3. The number of rotatable bonds is 7. The van der Waals surface area contributed by atoms with Crippen molar-refractivity contribution in [3.63, 3.8) is 0 Å². The molecule has 1 aliphatic rings. The Balaban J connectivity index is 1.51. The van der Waals surface area contributed by atoms with Crippen molar-refractivity contribution in [2.24, 2.45) is 0 Å². The molecule has 1 aromatic heterocycles. The van der Waals surface area contributed by atoms with Crippen molar-refractivity contribution < 1.29 is 14.6 Å². The van der Waals surface area contributed by atoms with Crippen molar-refractivity contribution in [1.82, 2.24) is 9.47 Å². The highest BCUT2D eigenvalue weighted by Crippen LogP contribution is 2.23. The van der Waals surface area contributed by atoms with Crippen molar-refractivity contribution in [2.45, 2.75) is 12.6 Å². The average Bonchev–Trinajstić information content (AvgIpc) is 3.10. The second-order valence-corrected chi connectivity index (χ2v) is 8.44. The maximum absolute atomic E-state index is 12.5. The second kappa shape index (κ2) is 9.71. The molecule has 1 atom stereocenters. The van der Waals surface area contributed by atoms with Crippen LogP contribution in [-0.2, 0) is 11.3 Å². The Bertz CT molecular complexity index is 1040. The zero-order chi connectivity index (χ0) is 20.9. The molecular formula is C24H25BrN2O3. The van der Waals surface area contributed by atoms with Crippen LogP contribution >= 0.6 is 15.9 Å². The van der Waals surface area contributed by atoms with Gasteiger partial charge in [-0.25, -0.2) is 0 Å². The number of carbonyl (C=O) groups excluding carboxylic acids is 1. The molecule has 1 aliphatic heterocycles. The fourth-order valence-electron chi connectivity index (χ4n) is 3.80. The average molecular weight is 469 g/mol. The molecule has 2 aromatic carbocycles. The molecule has 2 heterocycles. The summed E-state index contributed by atoms with van der Waals surface area (Å²) in [5.74, 6) is -0.0355. The van der Waals surface area contributed by atoms with Crippen molar-refractivity contribution in [1.29, 1.82) is 0 Å². The molecule has 1 unspecified atom stereocenters. The van der Waals surface area contributed by atoms with Crippen LogP contribution in [0.2, 0.25) is 0 Å². The predicted molar refractivity (Wildman–Crippen MR) is 123 cm³/mol. The third kappa shape index (κ3) is 5.08. The molecule has 5 nitrogen and oxygen atoms in total. The van der Waals surface area contributed by atoms with Crippen LogP contribution in [-0.4, -0.2) is 59.3 Å². The Morgan fingerprint density at radius 3 is 2.60 bits per heavy atom. The van der Waals surface area contributed by atoms with E-state index >= 15 is 0 Å². The maximum atomic E-state index is 12.5. The number of aliphatic hydroxyl groups excluding tert-OH is 1. The van der Waals surface area contributed by atoms with Gasteiger partial charge in [-0.15, -0.1) is 0 Å². The first-order chi connectivity index (χ1) is 14.6. The van der Waals surface area contributed by atoms with Gasteiger partial charge in [0.15, 0.2) is 5.78 Å². The number of ether oxygens (including phenoxy) is 1. The van der Waals surface area contributed by atoms with Crippen molar-refractivity contribution in [2.75, 3.05) is 32.8 Å². The number of carbonyl (C=O) groups is 1. The van der Waals surface area contributed by atoms with Crippen molar-refractivity contribution >= 4 is 38.7 Å². The lowest BCUT2D eigenvalue weighted by molar-refractivity contribution is 0.0117. The Hall–Kier alpha value is -2.25. The van der Waals surface area contributed by atoms with E-state index in [1.165, 1.54) is 0 Å². The van der Waals surface area contributed by atoms with Crippen LogP contribution < -0.4 is 0 Å². The van der Waals surface area contributed by atoms with Gasteiger partial charge in [0.1, 0.15) is 0 Å². The Kier molecular flexibility index (Phi) is 6.79. The molecule has 1 saturated heterocycles. The van der Waals surface area contributed by atoms with Gasteiger partial charge in [-0.1, -0.05) is 34.1 Å². The highest BCUT2D eigenvalue weighted by Gasteiger charge is 2.16. The number of para-hydroxylation sites is 1. The standard InChI is InChI=1S/C24H25BrN2O3/c25-20-8-5-18(6-9-20)24(29)10-7-19-15-27(23-4-2-1-3-22(19)23)17-21(28)16-26-11-13-30-14-12-26/h1-10,15,21,28H,11-14,16-17H2. The van der Waals surface area contributed by atoms with E-state index in [0.29, 0.717) is 18.7 Å². The fourth-order valence-corrected chi connectivity index (χ4v) is 4.07. The first kappa shape index (κ1) is 21.0. The van der Waals surface area contributed by atoms with E-state index in [1.807, 2.05) is 60.8 Å². The number of aromatic nitrogens is 1. The van der Waals surface area contributed by atoms with E-state index in [4.69, 9.17) is 4.74 Å². The number of aliphatic hydroxyl groups is 1. The van der Waals surface area contributed by atoms with Crippen LogP contribution in [0.25, 0.3) is 17.0 Å². The summed E-state index contributed by atoms with van der Waals surface area (Å²) in [6, 6.07) is 15.4. The molecule has 1 N–H and O–H groups in total. The Labute approximate surface area is 184 Å². The SMILES string of the molecule is O=C(C=Cc1cn(CC(O)CN2CCOCC2)c2ccccc12)c1ccc(Br)cc1. The molecule has 1 fully saturated rings. The van der Waals surface area contributed by atoms with E-state index in [1.54, 1.807) is 6.08 Å². The number of benzene rings is 2. The summed E-state index contributed by atoms with van der Waals surface area (Å²) in [6.45, 7) is 4.29. The highest BCUT2D eigenvalue weighted by molar-refractivity contribution is 9.10. The molecule has 0 saturated carbocycles. The summed E-state index contributed by atoms with van der Waals surface area (Å²) < 4.78 is 8.40. The van der Waals surface area contributed by atoms with Gasteiger partial charge in [-0.3, -0.25) is 9.69 Å². The fraction of sp³-hybridized carbons (Fsp3) is 0.292. The van der Waals surface area contributed by atoms with Crippen LogP contribution in [0.3, 0.4) is 0 Å². The van der Waals surface area contributed by atoms with E-state index < -0.39 is 6.10 Å². The first-order valence-corrected chi connectivity index (χ1v) is 10.9. The summed E-state index contributed by atoms with van der Waals surface area (Å²) in [4.78, 5) is 14.7. The molecule has 0 amide bonds. The molecule has 156 valence electrons. The number of fused-ring (bicyclic) bond motifs is 1. The number of morpholine rings is 1. The number of allylic oxidation sites excluding steroid dienone is 1. The largest absolute Gasteiger partial charge is 0.390 e. The van der Waals surface area contributed by atoms with Crippen LogP contribution in [0, 0.1) is 0 Å². The molecular weight excluding hydrogens is 444 g/mol. The molecule has 0 spiro atoms. The molecule has 3 aromatic rings. The van der Waals surface area contributed by atoms with Crippen LogP contribution in [0.5, 0.6) is 0 Å². The lowest BCUT2D eigenvalue weighted by Crippen LogP contribution is -2.41. The molecule has 4 rings (SSSR count). The molecule has 30 heavy (non-hydrogen) atoms. The van der Waals surface area contributed by atoms with E-state index in [2.05, 4.69) is 25.4 Å². The van der Waals surface area contributed by atoms with Crippen molar-refractivity contribution in [3.8, 4) is 0 Å². The summed E-state index contributed by atoms with van der Waals surface area (Å²) in [6.07, 6.45) is 5.01. The molecule has 6 heteroatoms. The monoisotopic (exact) mass is 468 g/mol. The summed E-state index contributed by atoms with van der Waals surface area (Å²) >= 11 is 3.39. The van der Waals surface area contributed by atoms with Gasteiger partial charge >= 0.3 is 0 Å². The van der Waals surface area contributed by atoms with E-state index in [9.17, 15) is 9.90 Å². The summed E-state index contributed by atoms with van der Waals surface area (Å²) in [5.41, 5.74) is 2.67. The molecule has 0 aliphatic carbocycles. The minimum absolute atomic E-state index is 0.0355. The predicted octanol–water partition coefficient (Wildman–Crippen LogP) is 3.99. The van der Waals surface area contributed by atoms with Gasteiger partial charge in [-0.2, -0.15) is 0 Å². The number of hydrogen-bond donors (Lipinski definition) is 1. The van der Waals surface area contributed by atoms with Gasteiger partial charge in [-0.05, 0) is 42.5 Å². The van der Waals surface area contributed by atoms with Crippen LogP contribution in [0.1, 0.15) is 15.9 Å².